The molecule has 0 saturated carbocycles. The highest BCUT2D eigenvalue weighted by Gasteiger charge is 2.21. The van der Waals surface area contributed by atoms with Crippen molar-refractivity contribution < 1.29 is 9.90 Å². The smallest absolute Gasteiger partial charge is 0.308 e. The van der Waals surface area contributed by atoms with Crippen LogP contribution in [0.25, 0.3) is 0 Å². The summed E-state index contributed by atoms with van der Waals surface area (Å²) in [4.78, 5) is 11.0. The summed E-state index contributed by atoms with van der Waals surface area (Å²) in [6.45, 7) is 3.95. The van der Waals surface area contributed by atoms with Crippen molar-refractivity contribution in [1.29, 1.82) is 0 Å². The van der Waals surface area contributed by atoms with Crippen molar-refractivity contribution in [1.82, 2.24) is 10.2 Å². The molecule has 1 aromatic rings. The summed E-state index contributed by atoms with van der Waals surface area (Å²) in [6, 6.07) is 1.51. The molecular formula is C10H13Cl2N3O2. The molecule has 1 rings (SSSR count). The minimum atomic E-state index is -0.850. The number of nitrogens with one attached hydrogen (secondary N) is 1. The third-order valence-electron chi connectivity index (χ3n) is 2.35. The van der Waals surface area contributed by atoms with Gasteiger partial charge in [0.05, 0.1) is 11.6 Å². The van der Waals surface area contributed by atoms with Gasteiger partial charge in [-0.2, -0.15) is 0 Å². The van der Waals surface area contributed by atoms with E-state index in [1.165, 1.54) is 6.07 Å². The zero-order valence-electron chi connectivity index (χ0n) is 9.44. The molecule has 0 aliphatic heterocycles. The standard InChI is InChI=1S/C10H13Cl2N3O2/c1-5(2)6(10(16)17)4-13-7-3-8(11)14-15-9(7)12/h3,5-6H,4H2,1-2H3,(H,13,14)(H,16,17). The molecule has 0 aromatic carbocycles. The maximum atomic E-state index is 11.0. The number of carbonyl (C=O) groups is 1. The second kappa shape index (κ2) is 6.02. The van der Waals surface area contributed by atoms with Gasteiger partial charge in [0.1, 0.15) is 0 Å². The van der Waals surface area contributed by atoms with Crippen LogP contribution >= 0.6 is 23.2 Å². The molecule has 0 aliphatic carbocycles. The van der Waals surface area contributed by atoms with Crippen molar-refractivity contribution in [2.24, 2.45) is 11.8 Å². The predicted octanol–water partition coefficient (Wildman–Crippen LogP) is 2.55. The first-order chi connectivity index (χ1) is 7.91. The molecule has 0 amide bonds. The van der Waals surface area contributed by atoms with Gasteiger partial charge < -0.3 is 10.4 Å². The van der Waals surface area contributed by atoms with Crippen molar-refractivity contribution in [3.63, 3.8) is 0 Å². The Labute approximate surface area is 109 Å². The van der Waals surface area contributed by atoms with E-state index in [4.69, 9.17) is 28.3 Å². The molecule has 0 aliphatic rings. The van der Waals surface area contributed by atoms with Crippen LogP contribution in [0.3, 0.4) is 0 Å². The Morgan fingerprint density at radius 3 is 2.65 bits per heavy atom. The number of carboxylic acid groups (broad SMARTS) is 1. The quantitative estimate of drug-likeness (QED) is 0.865. The van der Waals surface area contributed by atoms with Crippen LogP contribution < -0.4 is 5.32 Å². The van der Waals surface area contributed by atoms with E-state index in [1.807, 2.05) is 13.8 Å². The van der Waals surface area contributed by atoms with Gasteiger partial charge in [0.15, 0.2) is 10.3 Å². The molecule has 17 heavy (non-hydrogen) atoms. The Balaban J connectivity index is 2.72. The Kier molecular flexibility index (Phi) is 4.96. The van der Waals surface area contributed by atoms with Crippen molar-refractivity contribution in [3.05, 3.63) is 16.4 Å². The Bertz CT molecular complexity index is 413. The van der Waals surface area contributed by atoms with Gasteiger partial charge in [-0.25, -0.2) is 0 Å². The normalized spacial score (nSPS) is 12.5. The van der Waals surface area contributed by atoms with Crippen LogP contribution in [0.1, 0.15) is 13.8 Å². The fourth-order valence-corrected chi connectivity index (χ4v) is 1.61. The summed E-state index contributed by atoms with van der Waals surface area (Å²) in [5.74, 6) is -1.33. The number of anilines is 1. The van der Waals surface area contributed by atoms with Crippen LogP contribution in [-0.2, 0) is 4.79 Å². The molecule has 0 fully saturated rings. The number of carboxylic acids is 1. The molecule has 1 aromatic heterocycles. The van der Waals surface area contributed by atoms with E-state index in [2.05, 4.69) is 15.5 Å². The van der Waals surface area contributed by atoms with E-state index in [-0.39, 0.29) is 22.8 Å². The largest absolute Gasteiger partial charge is 0.481 e. The maximum absolute atomic E-state index is 11.0. The number of aliphatic carboxylic acids is 1. The van der Waals surface area contributed by atoms with Gasteiger partial charge in [0, 0.05) is 12.6 Å². The SMILES string of the molecule is CC(C)C(CNc1cc(Cl)nnc1Cl)C(=O)O. The fourth-order valence-electron chi connectivity index (χ4n) is 1.31. The third kappa shape index (κ3) is 4.02. The number of hydrogen-bond acceptors (Lipinski definition) is 4. The van der Waals surface area contributed by atoms with Crippen LogP contribution in [0.5, 0.6) is 0 Å². The Morgan fingerprint density at radius 2 is 2.12 bits per heavy atom. The van der Waals surface area contributed by atoms with E-state index in [0.29, 0.717) is 5.69 Å². The molecule has 1 heterocycles. The zero-order valence-corrected chi connectivity index (χ0v) is 11.0. The molecule has 0 saturated heterocycles. The van der Waals surface area contributed by atoms with E-state index >= 15 is 0 Å². The van der Waals surface area contributed by atoms with E-state index < -0.39 is 11.9 Å². The minimum absolute atomic E-state index is 0.0176. The summed E-state index contributed by atoms with van der Waals surface area (Å²) in [5, 5.41) is 19.5. The second-order valence-corrected chi connectivity index (χ2v) is 4.69. The van der Waals surface area contributed by atoms with Gasteiger partial charge in [-0.3, -0.25) is 4.79 Å². The molecule has 1 unspecified atom stereocenters. The molecule has 0 radical (unpaired) electrons. The van der Waals surface area contributed by atoms with Gasteiger partial charge in [-0.15, -0.1) is 10.2 Å². The monoisotopic (exact) mass is 277 g/mol. The number of nitrogens with zero attached hydrogens (tertiary/aromatic N) is 2. The van der Waals surface area contributed by atoms with Crippen molar-refractivity contribution in [2.75, 3.05) is 11.9 Å². The number of halogens is 2. The highest BCUT2D eigenvalue weighted by Crippen LogP contribution is 2.22. The first-order valence-electron chi connectivity index (χ1n) is 5.07. The highest BCUT2D eigenvalue weighted by molar-refractivity contribution is 6.33. The van der Waals surface area contributed by atoms with Crippen molar-refractivity contribution in [2.45, 2.75) is 13.8 Å². The fraction of sp³-hybridized carbons (Fsp3) is 0.500. The van der Waals surface area contributed by atoms with Gasteiger partial charge in [0.2, 0.25) is 0 Å². The molecule has 5 nitrogen and oxygen atoms in total. The predicted molar refractivity (Wildman–Crippen MR) is 66.5 cm³/mol. The molecule has 1 atom stereocenters. The van der Waals surface area contributed by atoms with Crippen LogP contribution in [-0.4, -0.2) is 27.8 Å². The molecular weight excluding hydrogens is 265 g/mol. The lowest BCUT2D eigenvalue weighted by atomic mass is 9.96. The lowest BCUT2D eigenvalue weighted by molar-refractivity contribution is -0.142. The number of aromatic nitrogens is 2. The van der Waals surface area contributed by atoms with Gasteiger partial charge in [0.25, 0.3) is 0 Å². The molecule has 0 spiro atoms. The maximum Gasteiger partial charge on any atom is 0.308 e. The van der Waals surface area contributed by atoms with Crippen LogP contribution in [0.4, 0.5) is 5.69 Å². The van der Waals surface area contributed by atoms with Crippen molar-refractivity contribution >= 4 is 34.9 Å². The Hall–Kier alpha value is -1.07. The van der Waals surface area contributed by atoms with E-state index in [1.54, 1.807) is 0 Å². The van der Waals surface area contributed by atoms with Gasteiger partial charge in [-0.1, -0.05) is 37.0 Å². The van der Waals surface area contributed by atoms with Crippen molar-refractivity contribution in [3.8, 4) is 0 Å². The summed E-state index contributed by atoms with van der Waals surface area (Å²) in [5.41, 5.74) is 0.485. The first kappa shape index (κ1) is 14.0. The zero-order chi connectivity index (χ0) is 13.0. The van der Waals surface area contributed by atoms with Crippen LogP contribution in [0.2, 0.25) is 10.3 Å². The summed E-state index contributed by atoms with van der Waals surface area (Å²) < 4.78 is 0. The molecule has 2 N–H and O–H groups in total. The first-order valence-corrected chi connectivity index (χ1v) is 5.82. The average Bonchev–Trinajstić information content (AvgIpc) is 2.22. The molecule has 7 heteroatoms. The highest BCUT2D eigenvalue weighted by atomic mass is 35.5. The number of rotatable bonds is 5. The molecule has 94 valence electrons. The summed E-state index contributed by atoms with van der Waals surface area (Å²) in [7, 11) is 0. The topological polar surface area (TPSA) is 75.1 Å². The number of hydrogen-bond donors (Lipinski definition) is 2. The second-order valence-electron chi connectivity index (χ2n) is 3.94. The third-order valence-corrected chi connectivity index (χ3v) is 2.82. The van der Waals surface area contributed by atoms with Gasteiger partial charge >= 0.3 is 5.97 Å². The Morgan fingerprint density at radius 1 is 1.47 bits per heavy atom. The lowest BCUT2D eigenvalue weighted by Crippen LogP contribution is -2.27. The van der Waals surface area contributed by atoms with E-state index in [0.717, 1.165) is 0 Å². The van der Waals surface area contributed by atoms with E-state index in [9.17, 15) is 4.79 Å². The van der Waals surface area contributed by atoms with Gasteiger partial charge in [-0.05, 0) is 5.92 Å². The minimum Gasteiger partial charge on any atom is -0.481 e. The molecule has 0 bridgehead atoms. The lowest BCUT2D eigenvalue weighted by Gasteiger charge is -2.17. The summed E-state index contributed by atoms with van der Waals surface area (Å²) in [6.07, 6.45) is 0. The van der Waals surface area contributed by atoms with Crippen LogP contribution in [0, 0.1) is 11.8 Å². The van der Waals surface area contributed by atoms with Crippen LogP contribution in [0.15, 0.2) is 6.07 Å². The summed E-state index contributed by atoms with van der Waals surface area (Å²) >= 11 is 11.5. The average molecular weight is 278 g/mol.